The predicted molar refractivity (Wildman–Crippen MR) is 60.8 cm³/mol. The molecule has 12 heavy (non-hydrogen) atoms. The fourth-order valence-corrected chi connectivity index (χ4v) is 2.55. The van der Waals surface area contributed by atoms with Crippen LogP contribution in [0.4, 0.5) is 0 Å². The maximum Gasteiger partial charge on any atom is 0.00368 e. The van der Waals surface area contributed by atoms with Crippen molar-refractivity contribution in [2.75, 3.05) is 11.5 Å². The quantitative estimate of drug-likeness (QED) is 0.406. The molecule has 0 saturated carbocycles. The molecular formula is C9H20S2Y-2. The molecule has 0 bridgehead atoms. The minimum Gasteiger partial charge on any atom is -0.346 e. The van der Waals surface area contributed by atoms with Crippen LogP contribution in [0.15, 0.2) is 0 Å². The molecule has 0 atom stereocenters. The van der Waals surface area contributed by atoms with E-state index in [2.05, 4.69) is 20.8 Å². The summed E-state index contributed by atoms with van der Waals surface area (Å²) in [4.78, 5) is 0. The Morgan fingerprint density at radius 2 is 1.58 bits per heavy atom. The average molecular weight is 281 g/mol. The minimum absolute atomic E-state index is 0. The average Bonchev–Trinajstić information content (AvgIpc) is 2.08. The molecule has 0 aliphatic carbocycles. The Bertz CT molecular complexity index is 45.8. The fourth-order valence-electron chi connectivity index (χ4n) is 0.380. The van der Waals surface area contributed by atoms with Crippen molar-refractivity contribution in [1.82, 2.24) is 0 Å². The van der Waals surface area contributed by atoms with Gasteiger partial charge in [-0.15, -0.1) is 0 Å². The number of hydrogen-bond donors (Lipinski definition) is 0. The van der Waals surface area contributed by atoms with Gasteiger partial charge in [0.2, 0.25) is 0 Å². The zero-order valence-electron chi connectivity index (χ0n) is 8.34. The van der Waals surface area contributed by atoms with Crippen LogP contribution in [0, 0.1) is 13.8 Å². The molecule has 0 aliphatic heterocycles. The molecule has 1 radical (unpaired) electrons. The molecular weight excluding hydrogens is 261 g/mol. The summed E-state index contributed by atoms with van der Waals surface area (Å²) in [5.74, 6) is 2.51. The molecule has 0 nitrogen and oxygen atoms in total. The summed E-state index contributed by atoms with van der Waals surface area (Å²) in [6.07, 6.45) is 3.73. The Balaban J connectivity index is -0.000000249. The van der Waals surface area contributed by atoms with Crippen molar-refractivity contribution in [3.8, 4) is 0 Å². The topological polar surface area (TPSA) is 0 Å². The summed E-state index contributed by atoms with van der Waals surface area (Å²) < 4.78 is 0. The Kier molecular flexibility index (Phi) is 37.2. The number of unbranched alkanes of at least 4 members (excludes halogenated alkanes) is 1. The molecule has 3 heteroatoms. The van der Waals surface area contributed by atoms with E-state index in [4.69, 9.17) is 0 Å². The van der Waals surface area contributed by atoms with Gasteiger partial charge in [0.1, 0.15) is 0 Å². The van der Waals surface area contributed by atoms with Crippen LogP contribution in [-0.2, 0) is 32.7 Å². The van der Waals surface area contributed by atoms with Gasteiger partial charge in [-0.3, -0.25) is 0 Å². The third kappa shape index (κ3) is 22.6. The second kappa shape index (κ2) is 23.0. The largest absolute Gasteiger partial charge is 0.346 e. The molecule has 0 aromatic rings. The zero-order chi connectivity index (χ0) is 8.95. The molecule has 0 fully saturated rings. The van der Waals surface area contributed by atoms with Crippen LogP contribution in [0.5, 0.6) is 0 Å². The van der Waals surface area contributed by atoms with E-state index in [1.54, 1.807) is 6.92 Å². The van der Waals surface area contributed by atoms with Crippen molar-refractivity contribution in [1.29, 1.82) is 0 Å². The van der Waals surface area contributed by atoms with Gasteiger partial charge in [-0.2, -0.15) is 13.3 Å². The molecule has 0 saturated heterocycles. The van der Waals surface area contributed by atoms with Gasteiger partial charge in [0.15, 0.2) is 0 Å². The Hall–Kier alpha value is 1.80. The normalized spacial score (nSPS) is 8.00. The maximum absolute atomic E-state index is 3.77. The zero-order valence-corrected chi connectivity index (χ0v) is 12.8. The van der Waals surface area contributed by atoms with E-state index < -0.39 is 0 Å². The first-order valence-corrected chi connectivity index (χ1v) is 6.65. The van der Waals surface area contributed by atoms with Crippen LogP contribution in [-0.4, -0.2) is 11.5 Å². The van der Waals surface area contributed by atoms with Crippen LogP contribution in [0.2, 0.25) is 0 Å². The van der Waals surface area contributed by atoms with Crippen molar-refractivity contribution in [3.63, 3.8) is 0 Å². The fraction of sp³-hybridized carbons (Fsp3) is 0.778. The maximum atomic E-state index is 3.77. The van der Waals surface area contributed by atoms with Crippen LogP contribution >= 0.6 is 21.6 Å². The van der Waals surface area contributed by atoms with E-state index in [0.717, 1.165) is 6.42 Å². The summed E-state index contributed by atoms with van der Waals surface area (Å²) in [5, 5.41) is 0. The first-order chi connectivity index (χ1) is 5.41. The van der Waals surface area contributed by atoms with Crippen molar-refractivity contribution in [2.45, 2.75) is 33.1 Å². The Morgan fingerprint density at radius 3 is 2.00 bits per heavy atom. The molecule has 0 aromatic carbocycles. The summed E-state index contributed by atoms with van der Waals surface area (Å²) in [7, 11) is 3.93. The summed E-state index contributed by atoms with van der Waals surface area (Å²) >= 11 is 0. The van der Waals surface area contributed by atoms with Gasteiger partial charge in [-0.25, -0.2) is 0 Å². The van der Waals surface area contributed by atoms with Crippen LogP contribution in [0.1, 0.15) is 33.1 Å². The van der Waals surface area contributed by atoms with E-state index in [9.17, 15) is 0 Å². The van der Waals surface area contributed by atoms with Gasteiger partial charge in [-0.05, 0) is 12.2 Å². The summed E-state index contributed by atoms with van der Waals surface area (Å²) in [6, 6.07) is 0. The molecule has 0 rings (SSSR count). The standard InChI is InChI=1S/C7H15S2.C2H5.Y/c1-3-5-7-9-8-6-4-2;1-2;/h2-7H2,1H3;1H2,2H3;/q2*-1;. The van der Waals surface area contributed by atoms with Gasteiger partial charge in [0, 0.05) is 38.5 Å². The minimum atomic E-state index is 0. The first kappa shape index (κ1) is 19.4. The smallest absolute Gasteiger partial charge is 0.00368 e. The summed E-state index contributed by atoms with van der Waals surface area (Å²) in [6.45, 7) is 11.0. The predicted octanol–water partition coefficient (Wildman–Crippen LogP) is 4.23. The van der Waals surface area contributed by atoms with Crippen molar-refractivity contribution >= 4 is 21.6 Å². The van der Waals surface area contributed by atoms with E-state index in [1.165, 1.54) is 24.3 Å². The monoisotopic (exact) mass is 281 g/mol. The molecule has 0 amide bonds. The Labute approximate surface area is 112 Å². The molecule has 0 aliphatic rings. The van der Waals surface area contributed by atoms with E-state index in [0.29, 0.717) is 0 Å². The number of hydrogen-bond acceptors (Lipinski definition) is 2. The SMILES string of the molecule is [CH2-]C.[CH2-]CCSSCCCC.[Y]. The van der Waals surface area contributed by atoms with Gasteiger partial charge in [0.05, 0.1) is 0 Å². The van der Waals surface area contributed by atoms with Gasteiger partial charge in [0.25, 0.3) is 0 Å². The third-order valence-corrected chi connectivity index (χ3v) is 3.47. The van der Waals surface area contributed by atoms with Crippen molar-refractivity contribution in [3.05, 3.63) is 13.8 Å². The molecule has 73 valence electrons. The van der Waals surface area contributed by atoms with E-state index >= 15 is 0 Å². The second-order valence-electron chi connectivity index (χ2n) is 1.85. The van der Waals surface area contributed by atoms with E-state index in [1.807, 2.05) is 21.6 Å². The summed E-state index contributed by atoms with van der Waals surface area (Å²) in [5.41, 5.74) is 0. The molecule has 0 unspecified atom stereocenters. The van der Waals surface area contributed by atoms with Crippen molar-refractivity contribution in [2.24, 2.45) is 0 Å². The molecule has 0 spiro atoms. The third-order valence-electron chi connectivity index (χ3n) is 0.892. The molecule has 0 N–H and O–H groups in total. The van der Waals surface area contributed by atoms with Crippen molar-refractivity contribution < 1.29 is 32.7 Å². The second-order valence-corrected chi connectivity index (χ2v) is 4.55. The molecule has 0 heterocycles. The van der Waals surface area contributed by atoms with Gasteiger partial charge >= 0.3 is 0 Å². The van der Waals surface area contributed by atoms with Crippen LogP contribution in [0.3, 0.4) is 0 Å². The van der Waals surface area contributed by atoms with E-state index in [-0.39, 0.29) is 32.7 Å². The van der Waals surface area contributed by atoms with Gasteiger partial charge < -0.3 is 13.8 Å². The molecule has 0 aromatic heterocycles. The van der Waals surface area contributed by atoms with Crippen LogP contribution < -0.4 is 0 Å². The van der Waals surface area contributed by atoms with Gasteiger partial charge in [-0.1, -0.05) is 34.9 Å². The van der Waals surface area contributed by atoms with Crippen LogP contribution in [0.25, 0.3) is 0 Å². The number of rotatable bonds is 6. The Morgan fingerprint density at radius 1 is 1.08 bits per heavy atom. The first-order valence-electron chi connectivity index (χ1n) is 4.16.